The Morgan fingerprint density at radius 2 is 1.22 bits per heavy atom. The third-order valence-corrected chi connectivity index (χ3v) is 5.97. The SMILES string of the molecule is Cc1ccc(Oc2ccc(-c3nc4cc(C(F)(F)c5ccc6oc(C)nc6c5)ccc4o3)cc2)cc1. The van der Waals surface area contributed by atoms with Crippen molar-refractivity contribution in [2.45, 2.75) is 19.8 Å². The van der Waals surface area contributed by atoms with Crippen molar-refractivity contribution in [1.82, 2.24) is 9.97 Å². The maximum absolute atomic E-state index is 15.4. The number of rotatable bonds is 5. The summed E-state index contributed by atoms with van der Waals surface area (Å²) in [7, 11) is 0. The lowest BCUT2D eigenvalue weighted by molar-refractivity contribution is 0.0431. The van der Waals surface area contributed by atoms with Crippen LogP contribution in [0.15, 0.2) is 93.8 Å². The number of hydrogen-bond acceptors (Lipinski definition) is 5. The summed E-state index contributed by atoms with van der Waals surface area (Å²) in [5.41, 5.74) is 3.14. The predicted molar refractivity (Wildman–Crippen MR) is 132 cm³/mol. The fraction of sp³-hybridized carbons (Fsp3) is 0.103. The predicted octanol–water partition coefficient (Wildman–Crippen LogP) is 8.19. The molecule has 0 fully saturated rings. The zero-order chi connectivity index (χ0) is 24.9. The number of nitrogens with zero attached hydrogens (tertiary/aromatic N) is 2. The molecule has 0 atom stereocenters. The third kappa shape index (κ3) is 3.98. The van der Waals surface area contributed by atoms with Crippen molar-refractivity contribution in [3.63, 3.8) is 0 Å². The lowest BCUT2D eigenvalue weighted by Gasteiger charge is -2.17. The van der Waals surface area contributed by atoms with Gasteiger partial charge in [0, 0.05) is 23.6 Å². The van der Waals surface area contributed by atoms with Gasteiger partial charge in [-0.2, -0.15) is 8.78 Å². The highest BCUT2D eigenvalue weighted by Crippen LogP contribution is 2.38. The van der Waals surface area contributed by atoms with Gasteiger partial charge in [0.25, 0.3) is 5.92 Å². The van der Waals surface area contributed by atoms with Crippen LogP contribution in [0, 0.1) is 13.8 Å². The molecule has 0 spiro atoms. The molecular formula is C29H20F2N2O3. The second-order valence-electron chi connectivity index (χ2n) is 8.63. The van der Waals surface area contributed by atoms with Crippen LogP contribution in [0.4, 0.5) is 8.78 Å². The zero-order valence-corrected chi connectivity index (χ0v) is 19.5. The maximum atomic E-state index is 15.4. The van der Waals surface area contributed by atoms with Crippen LogP contribution < -0.4 is 4.74 Å². The van der Waals surface area contributed by atoms with Crippen molar-refractivity contribution in [1.29, 1.82) is 0 Å². The van der Waals surface area contributed by atoms with Gasteiger partial charge in [0.15, 0.2) is 17.1 Å². The van der Waals surface area contributed by atoms with E-state index in [0.29, 0.717) is 45.3 Å². The minimum Gasteiger partial charge on any atom is -0.457 e. The summed E-state index contributed by atoms with van der Waals surface area (Å²) in [6, 6.07) is 23.5. The number of aromatic nitrogens is 2. The molecule has 0 bridgehead atoms. The Morgan fingerprint density at radius 3 is 1.86 bits per heavy atom. The van der Waals surface area contributed by atoms with E-state index in [4.69, 9.17) is 13.6 Å². The van der Waals surface area contributed by atoms with Gasteiger partial charge < -0.3 is 13.6 Å². The summed E-state index contributed by atoms with van der Waals surface area (Å²) in [6.07, 6.45) is 0. The molecule has 0 unspecified atom stereocenters. The van der Waals surface area contributed by atoms with Gasteiger partial charge in [-0.15, -0.1) is 0 Å². The van der Waals surface area contributed by atoms with Crippen LogP contribution in [0.5, 0.6) is 11.5 Å². The highest BCUT2D eigenvalue weighted by atomic mass is 19.3. The fourth-order valence-electron chi connectivity index (χ4n) is 4.06. The average Bonchev–Trinajstić information content (AvgIpc) is 3.47. The van der Waals surface area contributed by atoms with Gasteiger partial charge >= 0.3 is 0 Å². The van der Waals surface area contributed by atoms with Gasteiger partial charge in [-0.1, -0.05) is 17.7 Å². The summed E-state index contributed by atoms with van der Waals surface area (Å²) >= 11 is 0. The summed E-state index contributed by atoms with van der Waals surface area (Å²) in [5, 5.41) is 0. The lowest BCUT2D eigenvalue weighted by Crippen LogP contribution is -2.15. The van der Waals surface area contributed by atoms with E-state index in [9.17, 15) is 0 Å². The largest absolute Gasteiger partial charge is 0.457 e. The van der Waals surface area contributed by atoms with Gasteiger partial charge in [0.1, 0.15) is 22.5 Å². The molecule has 6 rings (SSSR count). The monoisotopic (exact) mass is 482 g/mol. The molecular weight excluding hydrogens is 462 g/mol. The molecule has 0 N–H and O–H groups in total. The number of oxazole rings is 2. The molecule has 0 amide bonds. The van der Waals surface area contributed by atoms with E-state index >= 15 is 8.78 Å². The van der Waals surface area contributed by atoms with E-state index in [0.717, 1.165) is 11.3 Å². The first-order valence-electron chi connectivity index (χ1n) is 11.4. The van der Waals surface area contributed by atoms with E-state index in [-0.39, 0.29) is 11.1 Å². The molecule has 0 radical (unpaired) electrons. The molecule has 6 aromatic rings. The van der Waals surface area contributed by atoms with Crippen LogP contribution in [0.1, 0.15) is 22.6 Å². The minimum atomic E-state index is -3.25. The van der Waals surface area contributed by atoms with E-state index in [1.54, 1.807) is 6.92 Å². The zero-order valence-electron chi connectivity index (χ0n) is 19.5. The third-order valence-electron chi connectivity index (χ3n) is 5.97. The number of fused-ring (bicyclic) bond motifs is 2. The van der Waals surface area contributed by atoms with Crippen molar-refractivity contribution in [2.24, 2.45) is 0 Å². The Labute approximate surface area is 205 Å². The smallest absolute Gasteiger partial charge is 0.298 e. The molecule has 0 saturated heterocycles. The first-order valence-corrected chi connectivity index (χ1v) is 11.4. The Morgan fingerprint density at radius 1 is 0.667 bits per heavy atom. The molecule has 178 valence electrons. The first-order chi connectivity index (χ1) is 17.3. The molecule has 2 aromatic heterocycles. The average molecular weight is 482 g/mol. The lowest BCUT2D eigenvalue weighted by atomic mass is 9.99. The first kappa shape index (κ1) is 22.0. The van der Waals surface area contributed by atoms with Crippen molar-refractivity contribution in [3.8, 4) is 23.0 Å². The van der Waals surface area contributed by atoms with Crippen molar-refractivity contribution in [2.75, 3.05) is 0 Å². The van der Waals surface area contributed by atoms with Crippen LogP contribution >= 0.6 is 0 Å². The second kappa shape index (κ2) is 8.30. The summed E-state index contributed by atoms with van der Waals surface area (Å²) in [5.74, 6) is -1.08. The Balaban J connectivity index is 1.27. The van der Waals surface area contributed by atoms with Crippen LogP contribution in [-0.4, -0.2) is 9.97 Å². The number of benzene rings is 4. The highest BCUT2D eigenvalue weighted by molar-refractivity contribution is 5.78. The minimum absolute atomic E-state index is 0.171. The number of halogens is 2. The van der Waals surface area contributed by atoms with Gasteiger partial charge in [-0.05, 0) is 79.7 Å². The molecule has 2 heterocycles. The molecule has 5 nitrogen and oxygen atoms in total. The Kier molecular flexibility index (Phi) is 5.07. The summed E-state index contributed by atoms with van der Waals surface area (Å²) in [6.45, 7) is 3.69. The van der Waals surface area contributed by atoms with E-state index < -0.39 is 5.92 Å². The molecule has 7 heteroatoms. The normalized spacial score (nSPS) is 11.9. The summed E-state index contributed by atoms with van der Waals surface area (Å²) < 4.78 is 47.9. The Bertz CT molecular complexity index is 1700. The van der Waals surface area contributed by atoms with E-state index in [1.165, 1.54) is 36.4 Å². The second-order valence-corrected chi connectivity index (χ2v) is 8.63. The van der Waals surface area contributed by atoms with Gasteiger partial charge in [0.05, 0.1) is 0 Å². The van der Waals surface area contributed by atoms with Crippen LogP contribution in [0.2, 0.25) is 0 Å². The molecule has 0 aliphatic carbocycles. The highest BCUT2D eigenvalue weighted by Gasteiger charge is 2.35. The Hall–Kier alpha value is -4.52. The number of hydrogen-bond donors (Lipinski definition) is 0. The molecule has 0 aliphatic rings. The van der Waals surface area contributed by atoms with E-state index in [1.807, 2.05) is 55.5 Å². The standard InChI is InChI=1S/C29H20F2N2O3/c1-17-3-9-22(10-4-17)35-23-11-5-19(6-12-23)28-33-25-16-21(8-14-27(25)36-28)29(30,31)20-7-13-26-24(15-20)32-18(2)34-26/h3-16H,1-2H3. The molecule has 36 heavy (non-hydrogen) atoms. The van der Waals surface area contributed by atoms with Crippen molar-refractivity contribution < 1.29 is 22.4 Å². The molecule has 0 aliphatic heterocycles. The molecule has 4 aromatic carbocycles. The van der Waals surface area contributed by atoms with Gasteiger partial charge in [-0.3, -0.25) is 0 Å². The number of aryl methyl sites for hydroxylation is 2. The van der Waals surface area contributed by atoms with Crippen LogP contribution in [0.3, 0.4) is 0 Å². The number of alkyl halides is 2. The van der Waals surface area contributed by atoms with Gasteiger partial charge in [-0.25, -0.2) is 9.97 Å². The van der Waals surface area contributed by atoms with Gasteiger partial charge in [0.2, 0.25) is 5.89 Å². The summed E-state index contributed by atoms with van der Waals surface area (Å²) in [4.78, 5) is 8.62. The van der Waals surface area contributed by atoms with Crippen molar-refractivity contribution >= 4 is 22.2 Å². The van der Waals surface area contributed by atoms with Crippen molar-refractivity contribution in [3.05, 3.63) is 108 Å². The topological polar surface area (TPSA) is 61.3 Å². The maximum Gasteiger partial charge on any atom is 0.298 e. The van der Waals surface area contributed by atoms with Crippen LogP contribution in [0.25, 0.3) is 33.7 Å². The van der Waals surface area contributed by atoms with Crippen LogP contribution in [-0.2, 0) is 5.92 Å². The van der Waals surface area contributed by atoms with E-state index in [2.05, 4.69) is 9.97 Å². The fourth-order valence-corrected chi connectivity index (χ4v) is 4.06. The number of ether oxygens (including phenoxy) is 1. The molecule has 0 saturated carbocycles. The quantitative estimate of drug-likeness (QED) is 0.248.